The summed E-state index contributed by atoms with van der Waals surface area (Å²) < 4.78 is 28.8. The number of anilines is 2. The number of aromatic nitrogens is 5. The van der Waals surface area contributed by atoms with Gasteiger partial charge in [0.1, 0.15) is 30.3 Å². The molecule has 0 aliphatic carbocycles. The topological polar surface area (TPSA) is 167 Å². The number of rotatable bonds is 25. The molecule has 0 aromatic carbocycles. The fourth-order valence-electron chi connectivity index (χ4n) is 5.15. The second-order valence-electron chi connectivity index (χ2n) is 12.0. The molecule has 0 bridgehead atoms. The number of hydrogen-bond acceptors (Lipinski definition) is 13. The lowest BCUT2D eigenvalue weighted by atomic mass is 10.1. The highest BCUT2D eigenvalue weighted by Crippen LogP contribution is 2.32. The molecule has 2 amide bonds. The van der Waals surface area contributed by atoms with E-state index in [0.29, 0.717) is 121 Å². The van der Waals surface area contributed by atoms with Gasteiger partial charge in [-0.3, -0.25) is 14.5 Å². The molecule has 3 aromatic rings. The van der Waals surface area contributed by atoms with Crippen molar-refractivity contribution >= 4 is 23.5 Å². The van der Waals surface area contributed by atoms with Crippen molar-refractivity contribution in [3.8, 4) is 11.5 Å². The van der Waals surface area contributed by atoms with E-state index in [4.69, 9.17) is 33.7 Å². The summed E-state index contributed by atoms with van der Waals surface area (Å²) in [4.78, 5) is 39.5. The molecule has 16 heteroatoms. The third-order valence-corrected chi connectivity index (χ3v) is 8.16. The number of carbonyl (C=O) groups is 2. The number of amides is 2. The lowest BCUT2D eigenvalue weighted by molar-refractivity contribution is -0.126. The summed E-state index contributed by atoms with van der Waals surface area (Å²) in [5.74, 6) is 1.56. The van der Waals surface area contributed by atoms with Crippen molar-refractivity contribution in [2.45, 2.75) is 53.4 Å². The molecule has 16 nitrogen and oxygen atoms in total. The standard InChI is InChI=1S/C35H53N9O7/c1-6-43-25-38-41-34(43)29-9-8-10-31(39-29)44-23-28-27(35(44)46)21-32(42(5)26(3)4)40-30(28)22-36-11-12-37-33(45)24-51-20-19-50-18-17-49-16-15-48-14-13-47-7-2/h8-10,21,25-26,36H,6-7,11-20,22-24H2,1-5H3,(H,37,45). The van der Waals surface area contributed by atoms with Crippen LogP contribution in [-0.4, -0.2) is 129 Å². The third kappa shape index (κ3) is 12.0. The summed E-state index contributed by atoms with van der Waals surface area (Å²) in [5, 5.41) is 14.5. The highest BCUT2D eigenvalue weighted by atomic mass is 16.6. The van der Waals surface area contributed by atoms with E-state index in [2.05, 4.69) is 34.7 Å². The van der Waals surface area contributed by atoms with Gasteiger partial charge >= 0.3 is 0 Å². The lowest BCUT2D eigenvalue weighted by Gasteiger charge is -2.24. The van der Waals surface area contributed by atoms with Gasteiger partial charge in [-0.15, -0.1) is 10.2 Å². The molecule has 0 saturated heterocycles. The SMILES string of the molecule is CCOCCOCCOCCOCCOCC(=O)NCCNCc1nc(N(C)C(C)C)cc2c1CN(c1cccc(-c3nncn3CC)n1)C2=O. The minimum atomic E-state index is -0.211. The van der Waals surface area contributed by atoms with E-state index in [1.807, 2.05) is 54.6 Å². The monoisotopic (exact) mass is 711 g/mol. The van der Waals surface area contributed by atoms with Gasteiger partial charge in [0.15, 0.2) is 5.82 Å². The number of pyridine rings is 2. The molecule has 3 aromatic heterocycles. The number of nitrogens with one attached hydrogen (secondary N) is 2. The zero-order chi connectivity index (χ0) is 36.4. The second-order valence-corrected chi connectivity index (χ2v) is 12.0. The predicted octanol–water partition coefficient (Wildman–Crippen LogP) is 2.07. The number of hydrogen-bond donors (Lipinski definition) is 2. The molecule has 1 aliphatic heterocycles. The Balaban J connectivity index is 1.20. The number of nitrogens with zero attached hydrogens (tertiary/aromatic N) is 7. The highest BCUT2D eigenvalue weighted by molar-refractivity contribution is 6.10. The summed E-state index contributed by atoms with van der Waals surface area (Å²) in [5.41, 5.74) is 2.88. The molecule has 4 rings (SSSR count). The molecule has 0 saturated carbocycles. The van der Waals surface area contributed by atoms with E-state index in [9.17, 15) is 9.59 Å². The third-order valence-electron chi connectivity index (χ3n) is 8.16. The van der Waals surface area contributed by atoms with Crippen molar-refractivity contribution in [3.63, 3.8) is 0 Å². The maximum absolute atomic E-state index is 13.8. The van der Waals surface area contributed by atoms with Crippen LogP contribution >= 0.6 is 0 Å². The van der Waals surface area contributed by atoms with Gasteiger partial charge in [0.2, 0.25) is 5.91 Å². The Bertz CT molecular complexity index is 1520. The summed E-state index contributed by atoms with van der Waals surface area (Å²) >= 11 is 0. The lowest BCUT2D eigenvalue weighted by Crippen LogP contribution is -2.34. The molecular weight excluding hydrogens is 658 g/mol. The van der Waals surface area contributed by atoms with E-state index in [0.717, 1.165) is 11.3 Å². The normalized spacial score (nSPS) is 12.6. The Morgan fingerprint density at radius 2 is 1.63 bits per heavy atom. The van der Waals surface area contributed by atoms with E-state index < -0.39 is 0 Å². The first-order chi connectivity index (χ1) is 24.8. The Labute approximate surface area is 300 Å². The van der Waals surface area contributed by atoms with Crippen LogP contribution in [0.25, 0.3) is 11.5 Å². The quantitative estimate of drug-likeness (QED) is 0.123. The van der Waals surface area contributed by atoms with Crippen molar-refractivity contribution in [2.75, 3.05) is 96.0 Å². The minimum Gasteiger partial charge on any atom is -0.379 e. The summed E-state index contributed by atoms with van der Waals surface area (Å²) in [6.45, 7) is 14.9. The molecular formula is C35H53N9O7. The summed E-state index contributed by atoms with van der Waals surface area (Å²) in [6.07, 6.45) is 1.67. The Hall–Kier alpha value is -4.06. The maximum Gasteiger partial charge on any atom is 0.260 e. The zero-order valence-electron chi connectivity index (χ0n) is 30.6. The van der Waals surface area contributed by atoms with Gasteiger partial charge in [-0.1, -0.05) is 6.07 Å². The molecule has 0 unspecified atom stereocenters. The first-order valence-corrected chi connectivity index (χ1v) is 17.6. The number of ether oxygens (including phenoxy) is 5. The van der Waals surface area contributed by atoms with Gasteiger partial charge in [0.05, 0.1) is 70.7 Å². The molecule has 0 radical (unpaired) electrons. The predicted molar refractivity (Wildman–Crippen MR) is 192 cm³/mol. The van der Waals surface area contributed by atoms with Crippen molar-refractivity contribution in [1.82, 2.24) is 35.4 Å². The van der Waals surface area contributed by atoms with Gasteiger partial charge < -0.3 is 43.8 Å². The molecule has 0 fully saturated rings. The maximum atomic E-state index is 13.8. The van der Waals surface area contributed by atoms with Crippen molar-refractivity contribution in [1.29, 1.82) is 0 Å². The van der Waals surface area contributed by atoms with Crippen LogP contribution in [0.4, 0.5) is 11.6 Å². The van der Waals surface area contributed by atoms with E-state index in [1.54, 1.807) is 11.2 Å². The number of carbonyl (C=O) groups excluding carboxylic acids is 2. The Kier molecular flexibility index (Phi) is 16.6. The molecule has 0 spiro atoms. The first kappa shape index (κ1) is 39.7. The molecule has 1 aliphatic rings. The molecule has 0 atom stereocenters. The van der Waals surface area contributed by atoms with Gasteiger partial charge in [0.25, 0.3) is 5.91 Å². The Morgan fingerprint density at radius 1 is 0.941 bits per heavy atom. The van der Waals surface area contributed by atoms with Gasteiger partial charge in [-0.25, -0.2) is 9.97 Å². The second kappa shape index (κ2) is 21.3. The molecule has 2 N–H and O–H groups in total. The van der Waals surface area contributed by atoms with Crippen LogP contribution in [0.5, 0.6) is 0 Å². The number of fused-ring (bicyclic) bond motifs is 1. The molecule has 51 heavy (non-hydrogen) atoms. The summed E-state index contributed by atoms with van der Waals surface area (Å²) in [7, 11) is 1.96. The molecule has 280 valence electrons. The van der Waals surface area contributed by atoms with Crippen molar-refractivity contribution < 1.29 is 33.3 Å². The van der Waals surface area contributed by atoms with E-state index in [1.165, 1.54) is 0 Å². The number of aryl methyl sites for hydroxylation is 1. The van der Waals surface area contributed by atoms with Crippen LogP contribution in [0, 0.1) is 0 Å². The average Bonchev–Trinajstić information content (AvgIpc) is 3.75. The average molecular weight is 712 g/mol. The Morgan fingerprint density at radius 3 is 2.29 bits per heavy atom. The van der Waals surface area contributed by atoms with Crippen molar-refractivity contribution in [2.24, 2.45) is 0 Å². The van der Waals surface area contributed by atoms with Crippen LogP contribution in [-0.2, 0) is 48.1 Å². The van der Waals surface area contributed by atoms with Gasteiger partial charge in [-0.05, 0) is 45.9 Å². The van der Waals surface area contributed by atoms with Crippen LogP contribution in [0.15, 0.2) is 30.6 Å². The largest absolute Gasteiger partial charge is 0.379 e. The van der Waals surface area contributed by atoms with Gasteiger partial charge in [-0.2, -0.15) is 0 Å². The zero-order valence-corrected chi connectivity index (χ0v) is 30.6. The first-order valence-electron chi connectivity index (χ1n) is 17.6. The fourth-order valence-corrected chi connectivity index (χ4v) is 5.15. The minimum absolute atomic E-state index is 0.0539. The van der Waals surface area contributed by atoms with Crippen molar-refractivity contribution in [3.05, 3.63) is 47.4 Å². The van der Waals surface area contributed by atoms with Crippen LogP contribution in [0.1, 0.15) is 49.3 Å². The fraction of sp³-hybridized carbons (Fsp3) is 0.600. The van der Waals surface area contributed by atoms with Crippen LogP contribution < -0.4 is 20.4 Å². The smallest absolute Gasteiger partial charge is 0.260 e. The van der Waals surface area contributed by atoms with Crippen LogP contribution in [0.2, 0.25) is 0 Å². The summed E-state index contributed by atoms with van der Waals surface area (Å²) in [6, 6.07) is 7.61. The van der Waals surface area contributed by atoms with Crippen LogP contribution in [0.3, 0.4) is 0 Å². The van der Waals surface area contributed by atoms with E-state index in [-0.39, 0.29) is 24.5 Å². The van der Waals surface area contributed by atoms with E-state index >= 15 is 0 Å². The molecule has 4 heterocycles. The van der Waals surface area contributed by atoms with Gasteiger partial charge in [0, 0.05) is 51.4 Å². The highest BCUT2D eigenvalue weighted by Gasteiger charge is 2.33.